The second kappa shape index (κ2) is 7.32. The summed E-state index contributed by atoms with van der Waals surface area (Å²) in [6.07, 6.45) is 1.27. The maximum Gasteiger partial charge on any atom is 0.133 e. The molecule has 1 aliphatic heterocycles. The molecule has 0 aliphatic carbocycles. The Kier molecular flexibility index (Phi) is 5.16. The summed E-state index contributed by atoms with van der Waals surface area (Å²) in [5.74, 6) is 0.537. The number of nitrogens with one attached hydrogen (secondary N) is 1. The van der Waals surface area contributed by atoms with Crippen molar-refractivity contribution in [3.63, 3.8) is 0 Å². The molecule has 0 bridgehead atoms. The molecule has 0 radical (unpaired) electrons. The number of aryl methyl sites for hydroxylation is 1. The van der Waals surface area contributed by atoms with E-state index in [1.165, 1.54) is 6.07 Å². The lowest BCUT2D eigenvalue weighted by Gasteiger charge is -2.34. The maximum atomic E-state index is 13.8. The SMILES string of the molecule is Cc1cc(CNC(C)c2cc(F)ccc2N2CCC(O)CC2)no1. The van der Waals surface area contributed by atoms with Crippen LogP contribution >= 0.6 is 0 Å². The molecule has 2 aromatic rings. The van der Waals surface area contributed by atoms with E-state index >= 15 is 0 Å². The molecule has 1 fully saturated rings. The molecule has 24 heavy (non-hydrogen) atoms. The summed E-state index contributed by atoms with van der Waals surface area (Å²) in [4.78, 5) is 2.22. The fraction of sp³-hybridized carbons (Fsp3) is 0.500. The van der Waals surface area contributed by atoms with Crippen molar-refractivity contribution in [2.24, 2.45) is 0 Å². The van der Waals surface area contributed by atoms with Crippen LogP contribution in [0.3, 0.4) is 0 Å². The third kappa shape index (κ3) is 3.94. The van der Waals surface area contributed by atoms with E-state index in [0.717, 1.165) is 48.6 Å². The van der Waals surface area contributed by atoms with E-state index in [1.54, 1.807) is 6.07 Å². The summed E-state index contributed by atoms with van der Waals surface area (Å²) in [5.41, 5.74) is 2.78. The van der Waals surface area contributed by atoms with Gasteiger partial charge >= 0.3 is 0 Å². The Morgan fingerprint density at radius 1 is 1.38 bits per heavy atom. The number of piperidine rings is 1. The highest BCUT2D eigenvalue weighted by atomic mass is 19.1. The zero-order chi connectivity index (χ0) is 17.1. The van der Waals surface area contributed by atoms with Crippen molar-refractivity contribution in [3.8, 4) is 0 Å². The molecule has 6 heteroatoms. The van der Waals surface area contributed by atoms with E-state index < -0.39 is 0 Å². The number of rotatable bonds is 5. The number of halogens is 1. The quantitative estimate of drug-likeness (QED) is 0.881. The zero-order valence-corrected chi connectivity index (χ0v) is 14.1. The van der Waals surface area contributed by atoms with Gasteiger partial charge in [0.25, 0.3) is 0 Å². The monoisotopic (exact) mass is 333 g/mol. The van der Waals surface area contributed by atoms with Gasteiger partial charge in [-0.1, -0.05) is 5.16 Å². The van der Waals surface area contributed by atoms with Crippen molar-refractivity contribution in [2.45, 2.75) is 45.4 Å². The largest absolute Gasteiger partial charge is 0.393 e. The van der Waals surface area contributed by atoms with E-state index in [0.29, 0.717) is 6.54 Å². The molecule has 1 aromatic carbocycles. The molecule has 1 unspecified atom stereocenters. The number of aromatic nitrogens is 1. The Labute approximate surface area is 141 Å². The first-order valence-corrected chi connectivity index (χ1v) is 8.41. The van der Waals surface area contributed by atoms with Crippen LogP contribution in [0.4, 0.5) is 10.1 Å². The van der Waals surface area contributed by atoms with Crippen LogP contribution in [0.2, 0.25) is 0 Å². The van der Waals surface area contributed by atoms with Crippen LogP contribution in [-0.4, -0.2) is 29.5 Å². The standard InChI is InChI=1S/C18H24FN3O2/c1-12-9-15(21-24-12)11-20-13(2)17-10-14(19)3-4-18(17)22-7-5-16(23)6-8-22/h3-4,9-10,13,16,20,23H,5-8,11H2,1-2H3. The topological polar surface area (TPSA) is 61.5 Å². The minimum atomic E-state index is -0.239. The van der Waals surface area contributed by atoms with Crippen LogP contribution in [0.15, 0.2) is 28.8 Å². The van der Waals surface area contributed by atoms with Gasteiger partial charge in [0.2, 0.25) is 0 Å². The van der Waals surface area contributed by atoms with E-state index in [-0.39, 0.29) is 18.0 Å². The molecule has 130 valence electrons. The summed E-state index contributed by atoms with van der Waals surface area (Å²) >= 11 is 0. The second-order valence-corrected chi connectivity index (χ2v) is 6.45. The Morgan fingerprint density at radius 3 is 2.79 bits per heavy atom. The third-order valence-electron chi connectivity index (χ3n) is 4.53. The molecule has 0 spiro atoms. The van der Waals surface area contributed by atoms with Gasteiger partial charge in [-0.05, 0) is 50.5 Å². The van der Waals surface area contributed by atoms with Gasteiger partial charge in [-0.3, -0.25) is 0 Å². The van der Waals surface area contributed by atoms with Gasteiger partial charge in [0.05, 0.1) is 11.8 Å². The van der Waals surface area contributed by atoms with Crippen LogP contribution in [0, 0.1) is 12.7 Å². The predicted octanol–water partition coefficient (Wildman–Crippen LogP) is 2.93. The highest BCUT2D eigenvalue weighted by molar-refractivity contribution is 5.55. The van der Waals surface area contributed by atoms with Crippen molar-refractivity contribution in [1.29, 1.82) is 0 Å². The first kappa shape index (κ1) is 16.9. The number of benzene rings is 1. The number of anilines is 1. The normalized spacial score (nSPS) is 17.2. The molecule has 2 heterocycles. The maximum absolute atomic E-state index is 13.8. The second-order valence-electron chi connectivity index (χ2n) is 6.45. The highest BCUT2D eigenvalue weighted by Gasteiger charge is 2.21. The Morgan fingerprint density at radius 2 is 2.12 bits per heavy atom. The zero-order valence-electron chi connectivity index (χ0n) is 14.1. The van der Waals surface area contributed by atoms with Crippen LogP contribution < -0.4 is 10.2 Å². The fourth-order valence-electron chi connectivity index (χ4n) is 3.14. The lowest BCUT2D eigenvalue weighted by atomic mass is 10.0. The summed E-state index contributed by atoms with van der Waals surface area (Å²) < 4.78 is 18.9. The molecule has 1 atom stereocenters. The first-order chi connectivity index (χ1) is 11.5. The third-order valence-corrected chi connectivity index (χ3v) is 4.53. The van der Waals surface area contributed by atoms with Crippen molar-refractivity contribution in [1.82, 2.24) is 10.5 Å². The Balaban J connectivity index is 1.74. The minimum Gasteiger partial charge on any atom is -0.393 e. The molecular formula is C18H24FN3O2. The summed E-state index contributed by atoms with van der Waals surface area (Å²) in [6, 6.07) is 6.78. The van der Waals surface area contributed by atoms with E-state index in [9.17, 15) is 9.50 Å². The molecule has 1 saturated heterocycles. The van der Waals surface area contributed by atoms with Crippen LogP contribution in [0.1, 0.15) is 42.8 Å². The average Bonchev–Trinajstić information content (AvgIpc) is 2.99. The molecule has 3 rings (SSSR count). The molecule has 2 N–H and O–H groups in total. The van der Waals surface area contributed by atoms with Crippen LogP contribution in [0.25, 0.3) is 0 Å². The molecule has 1 aromatic heterocycles. The average molecular weight is 333 g/mol. The Hall–Kier alpha value is -1.92. The van der Waals surface area contributed by atoms with E-state index in [4.69, 9.17) is 4.52 Å². The number of aliphatic hydroxyl groups is 1. The summed E-state index contributed by atoms with van der Waals surface area (Å²) in [5, 5.41) is 17.0. The minimum absolute atomic E-state index is 0.0282. The molecule has 0 amide bonds. The van der Waals surface area contributed by atoms with Crippen molar-refractivity contribution >= 4 is 5.69 Å². The van der Waals surface area contributed by atoms with Gasteiger partial charge < -0.3 is 19.8 Å². The molecule has 0 saturated carbocycles. The van der Waals surface area contributed by atoms with Crippen LogP contribution in [-0.2, 0) is 6.54 Å². The predicted molar refractivity (Wildman–Crippen MR) is 90.3 cm³/mol. The summed E-state index contributed by atoms with van der Waals surface area (Å²) in [7, 11) is 0. The summed E-state index contributed by atoms with van der Waals surface area (Å²) in [6.45, 7) is 6.01. The van der Waals surface area contributed by atoms with Crippen molar-refractivity contribution in [2.75, 3.05) is 18.0 Å². The molecule has 5 nitrogen and oxygen atoms in total. The number of hydrogen-bond donors (Lipinski definition) is 2. The first-order valence-electron chi connectivity index (χ1n) is 8.41. The Bertz CT molecular complexity index is 681. The van der Waals surface area contributed by atoms with Crippen molar-refractivity contribution in [3.05, 3.63) is 47.1 Å². The van der Waals surface area contributed by atoms with E-state index in [2.05, 4.69) is 15.4 Å². The van der Waals surface area contributed by atoms with Crippen molar-refractivity contribution < 1.29 is 14.0 Å². The van der Waals surface area contributed by atoms with Gasteiger partial charge in [0.1, 0.15) is 11.6 Å². The molecule has 1 aliphatic rings. The van der Waals surface area contributed by atoms with Gasteiger partial charge in [-0.2, -0.15) is 0 Å². The van der Waals surface area contributed by atoms with Gasteiger partial charge in [-0.25, -0.2) is 4.39 Å². The highest BCUT2D eigenvalue weighted by Crippen LogP contribution is 2.29. The van der Waals surface area contributed by atoms with E-state index in [1.807, 2.05) is 26.0 Å². The fourth-order valence-corrected chi connectivity index (χ4v) is 3.14. The van der Waals surface area contributed by atoms with Gasteiger partial charge in [0, 0.05) is 37.4 Å². The lowest BCUT2D eigenvalue weighted by molar-refractivity contribution is 0.145. The smallest absolute Gasteiger partial charge is 0.133 e. The van der Waals surface area contributed by atoms with Crippen LogP contribution in [0.5, 0.6) is 0 Å². The lowest BCUT2D eigenvalue weighted by Crippen LogP contribution is -2.37. The number of hydrogen-bond acceptors (Lipinski definition) is 5. The van der Waals surface area contributed by atoms with Gasteiger partial charge in [0.15, 0.2) is 0 Å². The number of aliphatic hydroxyl groups excluding tert-OH is 1. The molecular weight excluding hydrogens is 309 g/mol. The number of nitrogens with zero attached hydrogens (tertiary/aromatic N) is 2. The van der Waals surface area contributed by atoms with Gasteiger partial charge in [-0.15, -0.1) is 0 Å².